The van der Waals surface area contributed by atoms with Crippen molar-refractivity contribution in [2.24, 2.45) is 0 Å². The number of amides is 4. The van der Waals surface area contributed by atoms with E-state index < -0.39 is 11.8 Å². The minimum atomic E-state index is -0.507. The molecule has 3 rings (SSSR count). The van der Waals surface area contributed by atoms with Crippen molar-refractivity contribution in [1.82, 2.24) is 9.80 Å². The van der Waals surface area contributed by atoms with E-state index in [1.165, 1.54) is 21.9 Å². The molecule has 2 saturated heterocycles. The number of carbonyl (C=O) groups excluding carboxylic acids is 3. The van der Waals surface area contributed by atoms with E-state index in [0.29, 0.717) is 13.0 Å². The molecule has 0 bridgehead atoms. The van der Waals surface area contributed by atoms with Gasteiger partial charge in [0.15, 0.2) is 0 Å². The standard InChI is InChI=1S/C14H14FN3O3S/c15-10-3-1-2-4-11(10)16-13(20)17-6-5-9(7-17)18-12(19)8-22-14(18)21/h1-4,9H,5-8H2,(H,16,20). The van der Waals surface area contributed by atoms with Crippen LogP contribution in [0.4, 0.5) is 19.7 Å². The summed E-state index contributed by atoms with van der Waals surface area (Å²) in [6, 6.07) is 5.19. The molecule has 0 spiro atoms. The number of hydrogen-bond donors (Lipinski definition) is 1. The summed E-state index contributed by atoms with van der Waals surface area (Å²) in [7, 11) is 0. The van der Waals surface area contributed by atoms with Gasteiger partial charge in [0.05, 0.1) is 17.5 Å². The lowest BCUT2D eigenvalue weighted by Crippen LogP contribution is -2.42. The van der Waals surface area contributed by atoms with Gasteiger partial charge < -0.3 is 10.2 Å². The van der Waals surface area contributed by atoms with E-state index in [0.717, 1.165) is 11.8 Å². The van der Waals surface area contributed by atoms with Gasteiger partial charge in [-0.3, -0.25) is 14.5 Å². The van der Waals surface area contributed by atoms with Gasteiger partial charge in [-0.15, -0.1) is 0 Å². The number of para-hydroxylation sites is 1. The zero-order chi connectivity index (χ0) is 15.7. The molecule has 2 fully saturated rings. The predicted octanol–water partition coefficient (Wildman–Crippen LogP) is 2.13. The average Bonchev–Trinajstić information content (AvgIpc) is 3.08. The Morgan fingerprint density at radius 3 is 2.77 bits per heavy atom. The molecule has 2 aliphatic rings. The van der Waals surface area contributed by atoms with E-state index >= 15 is 0 Å². The number of urea groups is 1. The third-order valence-corrected chi connectivity index (χ3v) is 4.55. The fraction of sp³-hybridized carbons (Fsp3) is 0.357. The van der Waals surface area contributed by atoms with Crippen LogP contribution in [-0.4, -0.2) is 51.9 Å². The smallest absolute Gasteiger partial charge is 0.321 e. The van der Waals surface area contributed by atoms with Crippen molar-refractivity contribution >= 4 is 34.6 Å². The third kappa shape index (κ3) is 2.78. The van der Waals surface area contributed by atoms with Gasteiger partial charge in [0.25, 0.3) is 5.24 Å². The summed E-state index contributed by atoms with van der Waals surface area (Å²) in [4.78, 5) is 38.3. The van der Waals surface area contributed by atoms with Gasteiger partial charge >= 0.3 is 6.03 Å². The van der Waals surface area contributed by atoms with E-state index in [4.69, 9.17) is 0 Å². The van der Waals surface area contributed by atoms with Crippen LogP contribution in [0.2, 0.25) is 0 Å². The van der Waals surface area contributed by atoms with Crippen LogP contribution >= 0.6 is 11.8 Å². The van der Waals surface area contributed by atoms with Gasteiger partial charge in [-0.1, -0.05) is 23.9 Å². The molecule has 2 heterocycles. The van der Waals surface area contributed by atoms with Crippen LogP contribution in [0.25, 0.3) is 0 Å². The topological polar surface area (TPSA) is 69.7 Å². The number of hydrogen-bond acceptors (Lipinski definition) is 4. The fourth-order valence-electron chi connectivity index (χ4n) is 2.61. The molecule has 1 aromatic carbocycles. The maximum atomic E-state index is 13.5. The van der Waals surface area contributed by atoms with Crippen LogP contribution in [0.5, 0.6) is 0 Å². The molecule has 1 unspecified atom stereocenters. The molecule has 22 heavy (non-hydrogen) atoms. The Bertz CT molecular complexity index is 624. The molecular formula is C14H14FN3O3S. The highest BCUT2D eigenvalue weighted by atomic mass is 32.2. The molecule has 8 heteroatoms. The van der Waals surface area contributed by atoms with Gasteiger partial charge in [-0.25, -0.2) is 9.18 Å². The van der Waals surface area contributed by atoms with Crippen molar-refractivity contribution in [1.29, 1.82) is 0 Å². The second-order valence-electron chi connectivity index (χ2n) is 5.12. The van der Waals surface area contributed by atoms with Crippen molar-refractivity contribution in [3.05, 3.63) is 30.1 Å². The van der Waals surface area contributed by atoms with Crippen LogP contribution < -0.4 is 5.32 Å². The number of benzene rings is 1. The van der Waals surface area contributed by atoms with Gasteiger partial charge in [-0.05, 0) is 18.6 Å². The summed E-state index contributed by atoms with van der Waals surface area (Å²) >= 11 is 0.983. The lowest BCUT2D eigenvalue weighted by Gasteiger charge is -2.22. The number of carbonyl (C=O) groups is 3. The summed E-state index contributed by atoms with van der Waals surface area (Å²) in [6.45, 7) is 0.699. The Kier molecular flexibility index (Phi) is 4.02. The second kappa shape index (κ2) is 5.96. The van der Waals surface area contributed by atoms with Gasteiger partial charge in [-0.2, -0.15) is 0 Å². The zero-order valence-corrected chi connectivity index (χ0v) is 12.4. The molecular weight excluding hydrogens is 309 g/mol. The first-order valence-corrected chi connectivity index (χ1v) is 7.84. The molecule has 0 aromatic heterocycles. The molecule has 2 aliphatic heterocycles. The van der Waals surface area contributed by atoms with Crippen LogP contribution in [0.15, 0.2) is 24.3 Å². The summed E-state index contributed by atoms with van der Waals surface area (Å²) in [5, 5.41) is 2.25. The summed E-state index contributed by atoms with van der Waals surface area (Å²) in [6.07, 6.45) is 0.544. The molecule has 0 aliphatic carbocycles. The Morgan fingerprint density at radius 2 is 2.09 bits per heavy atom. The maximum Gasteiger partial charge on any atom is 0.321 e. The normalized spacial score (nSPS) is 21.6. The highest BCUT2D eigenvalue weighted by molar-refractivity contribution is 8.14. The Balaban J connectivity index is 1.63. The highest BCUT2D eigenvalue weighted by Crippen LogP contribution is 2.26. The first-order valence-electron chi connectivity index (χ1n) is 6.85. The number of thioether (sulfide) groups is 1. The second-order valence-corrected chi connectivity index (χ2v) is 6.04. The fourth-order valence-corrected chi connectivity index (χ4v) is 3.39. The van der Waals surface area contributed by atoms with E-state index in [9.17, 15) is 18.8 Å². The number of rotatable bonds is 2. The Morgan fingerprint density at radius 1 is 1.32 bits per heavy atom. The first-order chi connectivity index (χ1) is 10.6. The minimum absolute atomic E-state index is 0.111. The molecule has 4 amide bonds. The first kappa shape index (κ1) is 14.8. The molecule has 1 aromatic rings. The average molecular weight is 323 g/mol. The number of nitrogens with zero attached hydrogens (tertiary/aromatic N) is 2. The van der Waals surface area contributed by atoms with Crippen LogP contribution in [0.3, 0.4) is 0 Å². The molecule has 0 radical (unpaired) electrons. The molecule has 1 N–H and O–H groups in total. The van der Waals surface area contributed by atoms with E-state index in [1.807, 2.05) is 0 Å². The minimum Gasteiger partial charge on any atom is -0.322 e. The summed E-state index contributed by atoms with van der Waals surface area (Å²) < 4.78 is 13.5. The van der Waals surface area contributed by atoms with Crippen molar-refractivity contribution in [3.63, 3.8) is 0 Å². The molecule has 6 nitrogen and oxygen atoms in total. The van der Waals surface area contributed by atoms with Gasteiger partial charge in [0, 0.05) is 13.1 Å². The van der Waals surface area contributed by atoms with Crippen molar-refractivity contribution in [2.45, 2.75) is 12.5 Å². The van der Waals surface area contributed by atoms with Crippen LogP contribution in [0.1, 0.15) is 6.42 Å². The highest BCUT2D eigenvalue weighted by Gasteiger charge is 2.40. The largest absolute Gasteiger partial charge is 0.322 e. The predicted molar refractivity (Wildman–Crippen MR) is 80.1 cm³/mol. The van der Waals surface area contributed by atoms with E-state index in [-0.39, 0.29) is 35.2 Å². The molecule has 0 saturated carbocycles. The summed E-state index contributed by atoms with van der Waals surface area (Å²) in [5.74, 6) is -0.555. The monoisotopic (exact) mass is 323 g/mol. The van der Waals surface area contributed by atoms with E-state index in [2.05, 4.69) is 5.32 Å². The number of anilines is 1. The van der Waals surface area contributed by atoms with Gasteiger partial charge in [0.2, 0.25) is 5.91 Å². The quantitative estimate of drug-likeness (QED) is 0.905. The number of likely N-dealkylation sites (tertiary alicyclic amines) is 1. The zero-order valence-electron chi connectivity index (χ0n) is 11.6. The van der Waals surface area contributed by atoms with Crippen molar-refractivity contribution in [2.75, 3.05) is 24.2 Å². The third-order valence-electron chi connectivity index (χ3n) is 3.72. The maximum absolute atomic E-state index is 13.5. The van der Waals surface area contributed by atoms with Gasteiger partial charge in [0.1, 0.15) is 5.82 Å². The van der Waals surface area contributed by atoms with Crippen molar-refractivity contribution in [3.8, 4) is 0 Å². The Hall–Kier alpha value is -2.09. The SMILES string of the molecule is O=C(Nc1ccccc1F)N1CCC(N2C(=O)CSC2=O)C1. The lowest BCUT2D eigenvalue weighted by atomic mass is 10.2. The van der Waals surface area contributed by atoms with Crippen molar-refractivity contribution < 1.29 is 18.8 Å². The molecule has 1 atom stereocenters. The number of halogens is 1. The van der Waals surface area contributed by atoms with E-state index in [1.54, 1.807) is 12.1 Å². The van der Waals surface area contributed by atoms with Crippen LogP contribution in [-0.2, 0) is 4.79 Å². The van der Waals surface area contributed by atoms with Crippen LogP contribution in [0, 0.1) is 5.82 Å². The number of nitrogens with one attached hydrogen (secondary N) is 1. The number of imide groups is 1. The molecule has 116 valence electrons. The summed E-state index contributed by atoms with van der Waals surface area (Å²) in [5.41, 5.74) is 0.111. The Labute approximate surface area is 130 Å². The lowest BCUT2D eigenvalue weighted by molar-refractivity contribution is -0.126.